The third kappa shape index (κ3) is 5.25. The summed E-state index contributed by atoms with van der Waals surface area (Å²) in [6, 6.07) is 18.9. The Balaban J connectivity index is 1.86. The Labute approximate surface area is 136 Å². The predicted octanol–water partition coefficient (Wildman–Crippen LogP) is 3.50. The summed E-state index contributed by atoms with van der Waals surface area (Å²) in [7, 11) is 0. The van der Waals surface area contributed by atoms with Crippen molar-refractivity contribution in [1.82, 2.24) is 5.32 Å². The summed E-state index contributed by atoms with van der Waals surface area (Å²) < 4.78 is 5.16. The Morgan fingerprint density at radius 2 is 1.43 bits per heavy atom. The van der Waals surface area contributed by atoms with Gasteiger partial charge in [-0.1, -0.05) is 60.7 Å². The lowest BCUT2D eigenvalue weighted by molar-refractivity contribution is -0.123. The third-order valence-electron chi connectivity index (χ3n) is 3.53. The molecule has 0 unspecified atom stereocenters. The smallest absolute Gasteiger partial charge is 0.408 e. The van der Waals surface area contributed by atoms with Gasteiger partial charge in [0.25, 0.3) is 0 Å². The minimum atomic E-state index is -0.983. The van der Waals surface area contributed by atoms with Gasteiger partial charge in [0, 0.05) is 6.42 Å². The Morgan fingerprint density at radius 3 is 2.00 bits per heavy atom. The molecule has 0 atom stereocenters. The van der Waals surface area contributed by atoms with Crippen LogP contribution in [0, 0.1) is 0 Å². The molecule has 0 aliphatic carbocycles. The SMILES string of the molecule is CC(C)(NC(=O)OCc1ccccc1)C(=O)Cc1ccccc1. The van der Waals surface area contributed by atoms with E-state index in [2.05, 4.69) is 5.32 Å². The number of hydrogen-bond acceptors (Lipinski definition) is 3. The largest absolute Gasteiger partial charge is 0.445 e. The molecule has 2 aromatic carbocycles. The van der Waals surface area contributed by atoms with Gasteiger partial charge in [0.05, 0.1) is 5.54 Å². The highest BCUT2D eigenvalue weighted by atomic mass is 16.5. The fourth-order valence-corrected chi connectivity index (χ4v) is 2.09. The lowest BCUT2D eigenvalue weighted by atomic mass is 9.94. The molecule has 1 N–H and O–H groups in total. The first-order valence-corrected chi connectivity index (χ1v) is 7.53. The fourth-order valence-electron chi connectivity index (χ4n) is 2.09. The number of rotatable bonds is 6. The van der Waals surface area contributed by atoms with Crippen LogP contribution in [0.3, 0.4) is 0 Å². The van der Waals surface area contributed by atoms with Gasteiger partial charge in [-0.2, -0.15) is 0 Å². The molecule has 4 nitrogen and oxygen atoms in total. The molecule has 0 aliphatic heterocycles. The van der Waals surface area contributed by atoms with E-state index in [0.29, 0.717) is 0 Å². The maximum Gasteiger partial charge on any atom is 0.408 e. The first-order valence-electron chi connectivity index (χ1n) is 7.53. The molecule has 0 saturated heterocycles. The zero-order chi connectivity index (χ0) is 16.7. The second kappa shape index (κ2) is 7.58. The Hall–Kier alpha value is -2.62. The van der Waals surface area contributed by atoms with Crippen molar-refractivity contribution in [2.24, 2.45) is 0 Å². The molecule has 0 heterocycles. The molecule has 0 fully saturated rings. The highest BCUT2D eigenvalue weighted by Gasteiger charge is 2.29. The van der Waals surface area contributed by atoms with Crippen molar-refractivity contribution in [3.63, 3.8) is 0 Å². The van der Waals surface area contributed by atoms with E-state index in [9.17, 15) is 9.59 Å². The molecule has 0 spiro atoms. The maximum absolute atomic E-state index is 12.4. The topological polar surface area (TPSA) is 55.4 Å². The number of benzene rings is 2. The van der Waals surface area contributed by atoms with E-state index in [0.717, 1.165) is 11.1 Å². The van der Waals surface area contributed by atoms with Crippen LogP contribution in [0.15, 0.2) is 60.7 Å². The van der Waals surface area contributed by atoms with Crippen molar-refractivity contribution in [2.45, 2.75) is 32.4 Å². The van der Waals surface area contributed by atoms with Gasteiger partial charge in [-0.15, -0.1) is 0 Å². The maximum atomic E-state index is 12.4. The number of amides is 1. The zero-order valence-electron chi connectivity index (χ0n) is 13.4. The Kier molecular flexibility index (Phi) is 5.52. The standard InChI is InChI=1S/C19H21NO3/c1-19(2,17(21)13-15-9-5-3-6-10-15)20-18(22)23-14-16-11-7-4-8-12-16/h3-12H,13-14H2,1-2H3,(H,20,22). The van der Waals surface area contributed by atoms with E-state index < -0.39 is 11.6 Å². The van der Waals surface area contributed by atoms with Gasteiger partial charge in [0.2, 0.25) is 0 Å². The number of carbonyl (C=O) groups is 2. The molecule has 1 amide bonds. The van der Waals surface area contributed by atoms with E-state index in [1.165, 1.54) is 0 Å². The lowest BCUT2D eigenvalue weighted by Crippen LogP contribution is -2.50. The quantitative estimate of drug-likeness (QED) is 0.888. The van der Waals surface area contributed by atoms with Crippen LogP contribution in [0.5, 0.6) is 0 Å². The van der Waals surface area contributed by atoms with Crippen LogP contribution in [0.2, 0.25) is 0 Å². The first-order chi connectivity index (χ1) is 11.0. The van der Waals surface area contributed by atoms with Crippen LogP contribution in [0.1, 0.15) is 25.0 Å². The molecule has 0 radical (unpaired) electrons. The number of Topliss-reactive ketones (excluding diaryl/α,β-unsaturated/α-hetero) is 1. The van der Waals surface area contributed by atoms with Gasteiger partial charge in [-0.3, -0.25) is 4.79 Å². The van der Waals surface area contributed by atoms with Crippen molar-refractivity contribution in [2.75, 3.05) is 0 Å². The second-order valence-electron chi connectivity index (χ2n) is 5.90. The fraction of sp³-hybridized carbons (Fsp3) is 0.263. The number of ether oxygens (including phenoxy) is 1. The van der Waals surface area contributed by atoms with Crippen LogP contribution in [-0.4, -0.2) is 17.4 Å². The molecule has 0 aromatic heterocycles. The van der Waals surface area contributed by atoms with Gasteiger partial charge in [0.15, 0.2) is 5.78 Å². The van der Waals surface area contributed by atoms with Gasteiger partial charge >= 0.3 is 6.09 Å². The van der Waals surface area contributed by atoms with Crippen molar-refractivity contribution >= 4 is 11.9 Å². The van der Waals surface area contributed by atoms with Gasteiger partial charge < -0.3 is 10.1 Å². The molecule has 4 heteroatoms. The number of ketones is 1. The Bertz CT molecular complexity index is 651. The van der Waals surface area contributed by atoms with E-state index >= 15 is 0 Å². The number of alkyl carbamates (subject to hydrolysis) is 1. The third-order valence-corrected chi connectivity index (χ3v) is 3.53. The summed E-state index contributed by atoms with van der Waals surface area (Å²) in [6.07, 6.45) is -0.326. The van der Waals surface area contributed by atoms with Gasteiger partial charge in [-0.25, -0.2) is 4.79 Å². The average Bonchev–Trinajstić information content (AvgIpc) is 2.54. The highest BCUT2D eigenvalue weighted by Crippen LogP contribution is 2.11. The number of carbonyl (C=O) groups excluding carboxylic acids is 2. The van der Waals surface area contributed by atoms with Crippen LogP contribution in [0.25, 0.3) is 0 Å². The van der Waals surface area contributed by atoms with Crippen LogP contribution in [-0.2, 0) is 22.6 Å². The molecular weight excluding hydrogens is 290 g/mol. The summed E-state index contributed by atoms with van der Waals surface area (Å²) >= 11 is 0. The van der Waals surface area contributed by atoms with Gasteiger partial charge in [0.1, 0.15) is 6.61 Å². The predicted molar refractivity (Wildman–Crippen MR) is 89.0 cm³/mol. The molecule has 0 saturated carbocycles. The molecule has 2 aromatic rings. The number of nitrogens with one attached hydrogen (secondary N) is 1. The summed E-state index contributed by atoms with van der Waals surface area (Å²) in [4.78, 5) is 24.3. The zero-order valence-corrected chi connectivity index (χ0v) is 13.4. The van der Waals surface area contributed by atoms with E-state index in [4.69, 9.17) is 4.74 Å². The molecule has 23 heavy (non-hydrogen) atoms. The van der Waals surface area contributed by atoms with Crippen molar-refractivity contribution in [3.05, 3.63) is 71.8 Å². The number of hydrogen-bond donors (Lipinski definition) is 1. The minimum Gasteiger partial charge on any atom is -0.445 e. The van der Waals surface area contributed by atoms with Crippen molar-refractivity contribution < 1.29 is 14.3 Å². The van der Waals surface area contributed by atoms with Crippen LogP contribution < -0.4 is 5.32 Å². The summed E-state index contributed by atoms with van der Waals surface area (Å²) in [5.41, 5.74) is 0.838. The highest BCUT2D eigenvalue weighted by molar-refractivity contribution is 5.92. The average molecular weight is 311 g/mol. The lowest BCUT2D eigenvalue weighted by Gasteiger charge is -2.24. The molecule has 120 valence electrons. The van der Waals surface area contributed by atoms with E-state index in [-0.39, 0.29) is 18.8 Å². The van der Waals surface area contributed by atoms with E-state index in [1.807, 2.05) is 60.7 Å². The molecule has 0 bridgehead atoms. The van der Waals surface area contributed by atoms with E-state index in [1.54, 1.807) is 13.8 Å². The monoisotopic (exact) mass is 311 g/mol. The van der Waals surface area contributed by atoms with Crippen LogP contribution in [0.4, 0.5) is 4.79 Å². The molecule has 0 aliphatic rings. The van der Waals surface area contributed by atoms with Gasteiger partial charge in [-0.05, 0) is 25.0 Å². The Morgan fingerprint density at radius 1 is 0.913 bits per heavy atom. The van der Waals surface area contributed by atoms with Crippen molar-refractivity contribution in [3.8, 4) is 0 Å². The molecular formula is C19H21NO3. The second-order valence-corrected chi connectivity index (χ2v) is 5.90. The van der Waals surface area contributed by atoms with Crippen LogP contribution >= 0.6 is 0 Å². The summed E-state index contributed by atoms with van der Waals surface area (Å²) in [6.45, 7) is 3.54. The minimum absolute atomic E-state index is 0.0691. The summed E-state index contributed by atoms with van der Waals surface area (Å²) in [5.74, 6) is -0.0691. The summed E-state index contributed by atoms with van der Waals surface area (Å²) in [5, 5.41) is 2.64. The first kappa shape index (κ1) is 16.7. The van der Waals surface area contributed by atoms with Crippen molar-refractivity contribution in [1.29, 1.82) is 0 Å². The molecule has 2 rings (SSSR count). The normalized spacial score (nSPS) is 10.9.